The molecule has 3 aromatic rings. The average Bonchev–Trinajstić information content (AvgIpc) is 2.78. The summed E-state index contributed by atoms with van der Waals surface area (Å²) in [4.78, 5) is 12.1. The van der Waals surface area contributed by atoms with Gasteiger partial charge in [0.25, 0.3) is 0 Å². The molecule has 1 aliphatic carbocycles. The minimum absolute atomic E-state index is 0.0282. The lowest BCUT2D eigenvalue weighted by Crippen LogP contribution is -2.03. The number of hydrogen-bond donors (Lipinski definition) is 3. The van der Waals surface area contributed by atoms with Crippen LogP contribution >= 0.6 is 0 Å². The van der Waals surface area contributed by atoms with Gasteiger partial charge in [-0.25, -0.2) is 0 Å². The van der Waals surface area contributed by atoms with E-state index in [0.717, 1.165) is 10.8 Å². The molecule has 0 fully saturated rings. The van der Waals surface area contributed by atoms with E-state index in [1.807, 2.05) is 30.3 Å². The first-order valence-corrected chi connectivity index (χ1v) is 9.72. The Bertz CT molecular complexity index is 1590. The Morgan fingerprint density at radius 1 is 0.875 bits per heavy atom. The van der Waals surface area contributed by atoms with Gasteiger partial charge >= 0.3 is 0 Å². The van der Waals surface area contributed by atoms with Crippen LogP contribution in [-0.2, 0) is 0 Å². The van der Waals surface area contributed by atoms with Gasteiger partial charge in [0.2, 0.25) is 5.43 Å². The summed E-state index contributed by atoms with van der Waals surface area (Å²) in [5, 5.41) is 32.7. The van der Waals surface area contributed by atoms with Crippen LogP contribution in [0, 0.1) is 12.3 Å². The number of hydrogen-bond acceptors (Lipinski definition) is 6. The molecule has 0 saturated carbocycles. The van der Waals surface area contributed by atoms with Gasteiger partial charge < -0.3 is 24.5 Å². The fourth-order valence-corrected chi connectivity index (χ4v) is 3.95. The normalized spacial score (nSPS) is 11.1. The van der Waals surface area contributed by atoms with E-state index in [1.54, 1.807) is 6.07 Å². The first kappa shape index (κ1) is 19.3. The SMILES string of the molecule is C#CCOc1ccc2ccccc2c1-c1c2cc(O)c(=O)cc-2oc2cc(O)c(O)cc12. The van der Waals surface area contributed by atoms with E-state index in [4.69, 9.17) is 15.6 Å². The Kier molecular flexibility index (Phi) is 4.38. The molecular formula is C26H16O6. The summed E-state index contributed by atoms with van der Waals surface area (Å²) in [7, 11) is 0. The second kappa shape index (κ2) is 7.25. The van der Waals surface area contributed by atoms with Crippen molar-refractivity contribution in [3.05, 3.63) is 70.9 Å². The average molecular weight is 424 g/mol. The van der Waals surface area contributed by atoms with Crippen LogP contribution in [0.3, 0.4) is 0 Å². The Hall–Kier alpha value is -4.63. The van der Waals surface area contributed by atoms with Crippen LogP contribution in [-0.4, -0.2) is 21.9 Å². The van der Waals surface area contributed by atoms with Crippen LogP contribution in [0.4, 0.5) is 0 Å². The van der Waals surface area contributed by atoms with Gasteiger partial charge in [-0.3, -0.25) is 4.79 Å². The summed E-state index contributed by atoms with van der Waals surface area (Å²) in [6, 6.07) is 16.5. The number of ether oxygens (including phenoxy) is 1. The number of benzene rings is 4. The molecule has 0 unspecified atom stereocenters. The predicted octanol–water partition coefficient (Wildman–Crippen LogP) is 4.85. The molecule has 1 heterocycles. The van der Waals surface area contributed by atoms with Crippen molar-refractivity contribution >= 4 is 21.7 Å². The third-order valence-electron chi connectivity index (χ3n) is 5.35. The highest BCUT2D eigenvalue weighted by Gasteiger charge is 2.24. The molecule has 0 atom stereocenters. The number of rotatable bonds is 3. The number of terminal acetylenes is 1. The van der Waals surface area contributed by atoms with Crippen molar-refractivity contribution in [2.45, 2.75) is 0 Å². The second-order valence-electron chi connectivity index (χ2n) is 7.28. The van der Waals surface area contributed by atoms with Crippen molar-refractivity contribution in [1.29, 1.82) is 0 Å². The molecule has 0 radical (unpaired) electrons. The van der Waals surface area contributed by atoms with Crippen molar-refractivity contribution in [1.82, 2.24) is 0 Å². The number of aromatic hydroxyl groups is 3. The number of fused-ring (bicyclic) bond motifs is 3. The molecule has 3 N–H and O–H groups in total. The van der Waals surface area contributed by atoms with Crippen LogP contribution in [0.15, 0.2) is 69.9 Å². The fraction of sp³-hybridized carbons (Fsp3) is 0.0385. The van der Waals surface area contributed by atoms with Gasteiger partial charge in [-0.1, -0.05) is 36.3 Å². The molecule has 156 valence electrons. The maximum Gasteiger partial charge on any atom is 0.223 e. The van der Waals surface area contributed by atoms with E-state index in [9.17, 15) is 20.1 Å². The highest BCUT2D eigenvalue weighted by Crippen LogP contribution is 2.48. The monoisotopic (exact) mass is 424 g/mol. The zero-order chi connectivity index (χ0) is 22.4. The summed E-state index contributed by atoms with van der Waals surface area (Å²) in [6.45, 7) is 0.0282. The molecule has 0 amide bonds. The lowest BCUT2D eigenvalue weighted by molar-refractivity contribution is 0.372. The molecule has 0 saturated heterocycles. The Labute approximate surface area is 181 Å². The molecular weight excluding hydrogens is 408 g/mol. The lowest BCUT2D eigenvalue weighted by atomic mass is 9.89. The molecule has 0 bridgehead atoms. The maximum absolute atomic E-state index is 12.1. The lowest BCUT2D eigenvalue weighted by Gasteiger charge is -2.20. The molecule has 32 heavy (non-hydrogen) atoms. The Morgan fingerprint density at radius 3 is 2.47 bits per heavy atom. The van der Waals surface area contributed by atoms with E-state index in [1.165, 1.54) is 24.3 Å². The van der Waals surface area contributed by atoms with E-state index in [0.29, 0.717) is 27.8 Å². The summed E-state index contributed by atoms with van der Waals surface area (Å²) in [5.41, 5.74) is 1.27. The summed E-state index contributed by atoms with van der Waals surface area (Å²) in [5.74, 6) is 1.99. The molecule has 2 aliphatic rings. The number of phenolic OH excluding ortho intramolecular Hbond substituents is 3. The largest absolute Gasteiger partial charge is 0.504 e. The van der Waals surface area contributed by atoms with E-state index < -0.39 is 11.2 Å². The van der Waals surface area contributed by atoms with Crippen LogP contribution in [0.2, 0.25) is 0 Å². The quantitative estimate of drug-likeness (QED) is 0.218. The van der Waals surface area contributed by atoms with Crippen molar-refractivity contribution in [3.8, 4) is 57.8 Å². The van der Waals surface area contributed by atoms with E-state index in [-0.39, 0.29) is 29.4 Å². The number of phenols is 3. The molecule has 1 aliphatic heterocycles. The zero-order valence-corrected chi connectivity index (χ0v) is 16.6. The fourth-order valence-electron chi connectivity index (χ4n) is 3.95. The summed E-state index contributed by atoms with van der Waals surface area (Å²) in [6.07, 6.45) is 5.41. The smallest absolute Gasteiger partial charge is 0.223 e. The molecule has 6 heteroatoms. The molecule has 5 rings (SSSR count). The van der Waals surface area contributed by atoms with Crippen LogP contribution in [0.5, 0.6) is 23.0 Å². The van der Waals surface area contributed by atoms with Gasteiger partial charge in [0.1, 0.15) is 23.7 Å². The highest BCUT2D eigenvalue weighted by molar-refractivity contribution is 6.11. The zero-order valence-electron chi connectivity index (χ0n) is 16.6. The van der Waals surface area contributed by atoms with Crippen molar-refractivity contribution in [3.63, 3.8) is 0 Å². The second-order valence-corrected chi connectivity index (χ2v) is 7.28. The van der Waals surface area contributed by atoms with Gasteiger partial charge in [-0.05, 0) is 29.0 Å². The first-order chi connectivity index (χ1) is 15.5. The van der Waals surface area contributed by atoms with Crippen LogP contribution in [0.25, 0.3) is 44.2 Å². The molecule has 0 aromatic heterocycles. The minimum Gasteiger partial charge on any atom is -0.504 e. The third kappa shape index (κ3) is 2.96. The van der Waals surface area contributed by atoms with Gasteiger partial charge in [0.15, 0.2) is 17.2 Å². The maximum atomic E-state index is 12.1. The van der Waals surface area contributed by atoms with Crippen LogP contribution < -0.4 is 10.2 Å². The Balaban J connectivity index is 2.03. The first-order valence-electron chi connectivity index (χ1n) is 9.72. The topological polar surface area (TPSA) is 100 Å². The van der Waals surface area contributed by atoms with Gasteiger partial charge in [0, 0.05) is 34.2 Å². The molecule has 0 spiro atoms. The van der Waals surface area contributed by atoms with E-state index in [2.05, 4.69) is 5.92 Å². The minimum atomic E-state index is -0.601. The third-order valence-corrected chi connectivity index (χ3v) is 5.35. The standard InChI is InChI=1S/C26H16O6/c1-2-9-31-22-8-7-14-5-3-4-6-15(14)26(22)25-16-10-18(27)20(29)12-23(16)32-24-13-21(30)19(28)11-17(24)25/h1,3-8,10-13,27-29H,9H2. The summed E-state index contributed by atoms with van der Waals surface area (Å²) < 4.78 is 11.7. The highest BCUT2D eigenvalue weighted by atomic mass is 16.5. The molecule has 6 nitrogen and oxygen atoms in total. The van der Waals surface area contributed by atoms with E-state index >= 15 is 0 Å². The Morgan fingerprint density at radius 2 is 1.66 bits per heavy atom. The van der Waals surface area contributed by atoms with Crippen LogP contribution in [0.1, 0.15) is 0 Å². The van der Waals surface area contributed by atoms with Crippen molar-refractivity contribution in [2.24, 2.45) is 0 Å². The predicted molar refractivity (Wildman–Crippen MR) is 121 cm³/mol. The summed E-state index contributed by atoms with van der Waals surface area (Å²) >= 11 is 0. The van der Waals surface area contributed by atoms with Gasteiger partial charge in [-0.15, -0.1) is 6.42 Å². The van der Waals surface area contributed by atoms with Gasteiger partial charge in [0.05, 0.1) is 0 Å². The van der Waals surface area contributed by atoms with Crippen molar-refractivity contribution < 1.29 is 24.5 Å². The van der Waals surface area contributed by atoms with Gasteiger partial charge in [-0.2, -0.15) is 0 Å². The molecule has 3 aromatic carbocycles. The van der Waals surface area contributed by atoms with Crippen molar-refractivity contribution in [2.75, 3.05) is 6.61 Å².